The average Bonchev–Trinajstić information content (AvgIpc) is 3.59. The van der Waals surface area contributed by atoms with Gasteiger partial charge in [-0.25, -0.2) is 4.79 Å². The smallest absolute Gasteiger partial charge is 0.319 e. The average molecular weight is 422 g/mol. The third-order valence-electron chi connectivity index (χ3n) is 6.05. The zero-order chi connectivity index (χ0) is 21.6. The van der Waals surface area contributed by atoms with Crippen molar-refractivity contribution in [2.75, 3.05) is 25.0 Å². The molecule has 1 saturated carbocycles. The quantitative estimate of drug-likeness (QED) is 0.641. The number of piperidine rings is 1. The Morgan fingerprint density at radius 3 is 2.42 bits per heavy atom. The SMILES string of the molecule is Cc1ccc(C(=O)NC2CC2)cc1NC(=O)NC1CCN(CCc2ccncc2)CC1. The first-order chi connectivity index (χ1) is 15.1. The van der Waals surface area contributed by atoms with Crippen molar-refractivity contribution in [3.8, 4) is 0 Å². The summed E-state index contributed by atoms with van der Waals surface area (Å²) in [6.45, 7) is 4.91. The van der Waals surface area contributed by atoms with E-state index in [-0.39, 0.29) is 18.0 Å². The Hall–Kier alpha value is -2.93. The van der Waals surface area contributed by atoms with Gasteiger partial charge in [-0.05, 0) is 74.4 Å². The van der Waals surface area contributed by atoms with Gasteiger partial charge < -0.3 is 20.9 Å². The van der Waals surface area contributed by atoms with Gasteiger partial charge in [0.25, 0.3) is 5.91 Å². The molecule has 2 heterocycles. The fourth-order valence-corrected chi connectivity index (χ4v) is 3.88. The number of hydrogen-bond donors (Lipinski definition) is 3. The summed E-state index contributed by atoms with van der Waals surface area (Å²) in [7, 11) is 0. The largest absolute Gasteiger partial charge is 0.349 e. The van der Waals surface area contributed by atoms with Gasteiger partial charge in [-0.2, -0.15) is 0 Å². The van der Waals surface area contributed by atoms with Gasteiger partial charge >= 0.3 is 6.03 Å². The molecule has 1 saturated heterocycles. The molecule has 0 bridgehead atoms. The van der Waals surface area contributed by atoms with Crippen LogP contribution in [0.5, 0.6) is 0 Å². The number of rotatable bonds is 7. The first kappa shape index (κ1) is 21.3. The summed E-state index contributed by atoms with van der Waals surface area (Å²) in [6.07, 6.45) is 8.66. The normalized spacial score (nSPS) is 17.2. The van der Waals surface area contributed by atoms with E-state index in [9.17, 15) is 9.59 Å². The van der Waals surface area contributed by atoms with E-state index in [0.29, 0.717) is 17.3 Å². The topological polar surface area (TPSA) is 86.4 Å². The Bertz CT molecular complexity index is 905. The molecule has 1 aliphatic heterocycles. The molecule has 7 nitrogen and oxygen atoms in total. The van der Waals surface area contributed by atoms with E-state index in [1.165, 1.54) is 5.56 Å². The molecule has 0 spiro atoms. The first-order valence-corrected chi connectivity index (χ1v) is 11.2. The number of nitrogens with zero attached hydrogens (tertiary/aromatic N) is 2. The Kier molecular flexibility index (Phi) is 6.82. The van der Waals surface area contributed by atoms with Gasteiger partial charge in [0.1, 0.15) is 0 Å². The number of carbonyl (C=O) groups excluding carboxylic acids is 2. The van der Waals surface area contributed by atoms with E-state index in [1.807, 2.05) is 25.4 Å². The number of aromatic nitrogens is 1. The van der Waals surface area contributed by atoms with Gasteiger partial charge in [0.15, 0.2) is 0 Å². The van der Waals surface area contributed by atoms with Crippen molar-refractivity contribution in [2.24, 2.45) is 0 Å². The zero-order valence-electron chi connectivity index (χ0n) is 18.1. The number of pyridine rings is 1. The maximum atomic E-state index is 12.6. The maximum Gasteiger partial charge on any atom is 0.319 e. The van der Waals surface area contributed by atoms with E-state index in [4.69, 9.17) is 0 Å². The van der Waals surface area contributed by atoms with Crippen LogP contribution in [-0.2, 0) is 6.42 Å². The maximum absolute atomic E-state index is 12.6. The molecular formula is C24H31N5O2. The van der Waals surface area contributed by atoms with Crippen LogP contribution < -0.4 is 16.0 Å². The van der Waals surface area contributed by atoms with Crippen molar-refractivity contribution in [3.63, 3.8) is 0 Å². The van der Waals surface area contributed by atoms with Crippen molar-refractivity contribution < 1.29 is 9.59 Å². The van der Waals surface area contributed by atoms with Crippen molar-refractivity contribution in [2.45, 2.75) is 51.1 Å². The minimum Gasteiger partial charge on any atom is -0.349 e. The number of amides is 3. The summed E-state index contributed by atoms with van der Waals surface area (Å²) in [5, 5.41) is 9.01. The zero-order valence-corrected chi connectivity index (χ0v) is 18.1. The molecule has 0 radical (unpaired) electrons. The number of aryl methyl sites for hydroxylation is 1. The number of benzene rings is 1. The second-order valence-electron chi connectivity index (χ2n) is 8.60. The van der Waals surface area contributed by atoms with Crippen LogP contribution in [0.25, 0.3) is 0 Å². The predicted octanol–water partition coefficient (Wildman–Crippen LogP) is 3.11. The molecule has 164 valence electrons. The standard InChI is InChI=1S/C24H31N5O2/c1-17-2-3-19(23(30)26-20-4-5-20)16-22(17)28-24(31)27-21-9-14-29(15-10-21)13-8-18-6-11-25-12-7-18/h2-3,6-7,11-12,16,20-21H,4-5,8-10,13-15H2,1H3,(H,26,30)(H2,27,28,31). The fraction of sp³-hybridized carbons (Fsp3) is 0.458. The van der Waals surface area contributed by atoms with E-state index in [0.717, 1.165) is 57.3 Å². The lowest BCUT2D eigenvalue weighted by Gasteiger charge is -2.32. The molecule has 31 heavy (non-hydrogen) atoms. The molecule has 3 N–H and O–H groups in total. The molecule has 1 aromatic carbocycles. The summed E-state index contributed by atoms with van der Waals surface area (Å²) in [5.74, 6) is -0.0786. The molecule has 2 aromatic rings. The molecule has 1 aromatic heterocycles. The Labute approximate surface area is 183 Å². The third-order valence-corrected chi connectivity index (χ3v) is 6.05. The lowest BCUT2D eigenvalue weighted by molar-refractivity contribution is 0.0951. The van der Waals surface area contributed by atoms with Gasteiger partial charge in [0.2, 0.25) is 0 Å². The molecular weight excluding hydrogens is 390 g/mol. The second-order valence-corrected chi connectivity index (χ2v) is 8.60. The van der Waals surface area contributed by atoms with Gasteiger partial charge in [-0.15, -0.1) is 0 Å². The molecule has 1 aliphatic carbocycles. The van der Waals surface area contributed by atoms with Crippen LogP contribution in [0.15, 0.2) is 42.7 Å². The monoisotopic (exact) mass is 421 g/mol. The fourth-order valence-electron chi connectivity index (χ4n) is 3.88. The third kappa shape index (κ3) is 6.28. The van der Waals surface area contributed by atoms with Gasteiger partial charge in [-0.3, -0.25) is 9.78 Å². The van der Waals surface area contributed by atoms with Gasteiger partial charge in [0, 0.05) is 55.4 Å². The van der Waals surface area contributed by atoms with Crippen molar-refractivity contribution in [3.05, 3.63) is 59.4 Å². The van der Waals surface area contributed by atoms with E-state index in [1.54, 1.807) is 12.1 Å². The number of carbonyl (C=O) groups is 2. The van der Waals surface area contributed by atoms with Crippen molar-refractivity contribution in [1.82, 2.24) is 20.5 Å². The summed E-state index contributed by atoms with van der Waals surface area (Å²) in [5.41, 5.74) is 3.49. The van der Waals surface area contributed by atoms with Crippen LogP contribution in [0, 0.1) is 6.92 Å². The van der Waals surface area contributed by atoms with E-state index >= 15 is 0 Å². The predicted molar refractivity (Wildman–Crippen MR) is 121 cm³/mol. The molecule has 2 fully saturated rings. The van der Waals surface area contributed by atoms with Crippen LogP contribution >= 0.6 is 0 Å². The minimum absolute atomic E-state index is 0.0786. The summed E-state index contributed by atoms with van der Waals surface area (Å²) in [6, 6.07) is 9.82. The highest BCUT2D eigenvalue weighted by molar-refractivity contribution is 5.97. The molecule has 7 heteroatoms. The van der Waals surface area contributed by atoms with Crippen LogP contribution in [0.3, 0.4) is 0 Å². The van der Waals surface area contributed by atoms with Crippen LogP contribution in [0.1, 0.15) is 47.2 Å². The van der Waals surface area contributed by atoms with E-state index < -0.39 is 0 Å². The van der Waals surface area contributed by atoms with Crippen molar-refractivity contribution >= 4 is 17.6 Å². The Balaban J connectivity index is 1.22. The Morgan fingerprint density at radius 2 is 1.71 bits per heavy atom. The summed E-state index contributed by atoms with van der Waals surface area (Å²) in [4.78, 5) is 31.3. The van der Waals surface area contributed by atoms with Gasteiger partial charge in [0.05, 0.1) is 0 Å². The van der Waals surface area contributed by atoms with Crippen LogP contribution in [0.4, 0.5) is 10.5 Å². The lowest BCUT2D eigenvalue weighted by atomic mass is 10.0. The lowest BCUT2D eigenvalue weighted by Crippen LogP contribution is -2.46. The highest BCUT2D eigenvalue weighted by Gasteiger charge is 2.24. The number of anilines is 1. The molecule has 0 atom stereocenters. The van der Waals surface area contributed by atoms with E-state index in [2.05, 4.69) is 38.0 Å². The first-order valence-electron chi connectivity index (χ1n) is 11.2. The summed E-state index contributed by atoms with van der Waals surface area (Å²) >= 11 is 0. The molecule has 4 rings (SSSR count). The molecule has 0 unspecified atom stereocenters. The van der Waals surface area contributed by atoms with Crippen LogP contribution in [-0.4, -0.2) is 53.5 Å². The highest BCUT2D eigenvalue weighted by Crippen LogP contribution is 2.21. The number of likely N-dealkylation sites (tertiary alicyclic amines) is 1. The van der Waals surface area contributed by atoms with Crippen LogP contribution in [0.2, 0.25) is 0 Å². The molecule has 2 aliphatic rings. The summed E-state index contributed by atoms with van der Waals surface area (Å²) < 4.78 is 0. The van der Waals surface area contributed by atoms with Crippen molar-refractivity contribution in [1.29, 1.82) is 0 Å². The second kappa shape index (κ2) is 9.92. The number of urea groups is 1. The molecule has 3 amide bonds. The minimum atomic E-state index is -0.210. The number of hydrogen-bond acceptors (Lipinski definition) is 4. The Morgan fingerprint density at radius 1 is 1.00 bits per heavy atom. The van der Waals surface area contributed by atoms with Gasteiger partial charge in [-0.1, -0.05) is 6.07 Å². The number of nitrogens with one attached hydrogen (secondary N) is 3. The highest BCUT2D eigenvalue weighted by atomic mass is 16.2.